The number of carbonyl (C=O) groups excluding carboxylic acids is 2. The molecule has 1 aliphatic carbocycles. The highest BCUT2D eigenvalue weighted by molar-refractivity contribution is 6.06. The van der Waals surface area contributed by atoms with Gasteiger partial charge in [0.15, 0.2) is 0 Å². The van der Waals surface area contributed by atoms with Crippen LogP contribution >= 0.6 is 0 Å². The van der Waals surface area contributed by atoms with Gasteiger partial charge in [-0.3, -0.25) is 14.5 Å². The molecule has 4 N–H and O–H groups in total. The van der Waals surface area contributed by atoms with Gasteiger partial charge in [0.25, 0.3) is 0 Å². The molecule has 1 saturated carbocycles. The number of amides is 2. The number of fused-ring (bicyclic) bond motifs is 1. The first-order valence-corrected chi connectivity index (χ1v) is 13.0. The summed E-state index contributed by atoms with van der Waals surface area (Å²) in [5.41, 5.74) is 7.06. The van der Waals surface area contributed by atoms with Crippen LogP contribution in [0.1, 0.15) is 53.7 Å². The van der Waals surface area contributed by atoms with Crippen molar-refractivity contribution in [3.63, 3.8) is 0 Å². The largest absolute Gasteiger partial charge is 0.477 e. The van der Waals surface area contributed by atoms with Crippen molar-refractivity contribution >= 4 is 28.7 Å². The summed E-state index contributed by atoms with van der Waals surface area (Å²) in [6, 6.07) is 17.5. The summed E-state index contributed by atoms with van der Waals surface area (Å²) in [5.74, 6) is -2.71. The van der Waals surface area contributed by atoms with Gasteiger partial charge in [-0.1, -0.05) is 61.4 Å². The number of likely N-dealkylation sites (tertiary alicyclic amines) is 1. The van der Waals surface area contributed by atoms with Crippen molar-refractivity contribution in [2.24, 2.45) is 18.7 Å². The average molecular weight is 503 g/mol. The molecule has 8 heteroatoms. The number of nitrogens with one attached hydrogen (secondary N) is 1. The van der Waals surface area contributed by atoms with E-state index in [0.29, 0.717) is 35.7 Å². The van der Waals surface area contributed by atoms with Crippen LogP contribution in [0.4, 0.5) is 0 Å². The number of nitrogens with zero attached hydrogens (tertiary/aromatic N) is 2. The maximum atomic E-state index is 13.8. The van der Waals surface area contributed by atoms with Crippen molar-refractivity contribution in [1.82, 2.24) is 14.8 Å². The molecule has 1 aromatic heterocycles. The Morgan fingerprint density at radius 3 is 2.51 bits per heavy atom. The fraction of sp³-hybridized carbons (Fsp3) is 0.414. The number of carbonyl (C=O) groups is 3. The lowest BCUT2D eigenvalue weighted by Gasteiger charge is -2.41. The van der Waals surface area contributed by atoms with Crippen LogP contribution in [0.2, 0.25) is 0 Å². The van der Waals surface area contributed by atoms with Gasteiger partial charge in [0.2, 0.25) is 11.8 Å². The zero-order chi connectivity index (χ0) is 26.2. The number of carboxylic acid groups (broad SMARTS) is 1. The molecule has 3 atom stereocenters. The second-order valence-electron chi connectivity index (χ2n) is 10.5. The lowest BCUT2D eigenvalue weighted by atomic mass is 9.60. The number of aromatic carboxylic acids is 1. The van der Waals surface area contributed by atoms with Crippen molar-refractivity contribution in [1.29, 1.82) is 0 Å². The maximum absolute atomic E-state index is 13.8. The van der Waals surface area contributed by atoms with Gasteiger partial charge in [-0.25, -0.2) is 4.79 Å². The quantitative estimate of drug-likeness (QED) is 0.459. The lowest BCUT2D eigenvalue weighted by molar-refractivity contribution is -0.137. The van der Waals surface area contributed by atoms with E-state index in [1.165, 1.54) is 5.56 Å². The first-order chi connectivity index (χ1) is 17.8. The van der Waals surface area contributed by atoms with Gasteiger partial charge < -0.3 is 20.7 Å². The Morgan fingerprint density at radius 1 is 1.05 bits per heavy atom. The number of para-hydroxylation sites is 1. The highest BCUT2D eigenvalue weighted by atomic mass is 16.4. The molecule has 0 radical (unpaired) electrons. The van der Waals surface area contributed by atoms with Crippen molar-refractivity contribution < 1.29 is 19.5 Å². The van der Waals surface area contributed by atoms with E-state index in [9.17, 15) is 19.5 Å². The van der Waals surface area contributed by atoms with E-state index in [1.54, 1.807) is 11.6 Å². The van der Waals surface area contributed by atoms with Gasteiger partial charge in [-0.15, -0.1) is 0 Å². The molecule has 1 unspecified atom stereocenters. The highest BCUT2D eigenvalue weighted by Crippen LogP contribution is 2.48. The third-order valence-corrected chi connectivity index (χ3v) is 8.29. The maximum Gasteiger partial charge on any atom is 0.352 e. The second-order valence-corrected chi connectivity index (χ2v) is 10.5. The monoisotopic (exact) mass is 502 g/mol. The van der Waals surface area contributed by atoms with Crippen molar-refractivity contribution in [3.05, 3.63) is 71.4 Å². The van der Waals surface area contributed by atoms with Gasteiger partial charge in [0, 0.05) is 49.2 Å². The van der Waals surface area contributed by atoms with Gasteiger partial charge in [0.05, 0.1) is 11.3 Å². The van der Waals surface area contributed by atoms with E-state index in [2.05, 4.69) is 22.3 Å². The SMILES string of the molecule is Cn1c(C(=O)O)c([C@]2(C(N)=O)CCCC[C@H]2C(=O)NC2CCN(Cc3ccccc3)C2)c2ccccc21. The van der Waals surface area contributed by atoms with Gasteiger partial charge >= 0.3 is 5.97 Å². The van der Waals surface area contributed by atoms with E-state index in [0.717, 1.165) is 32.5 Å². The van der Waals surface area contributed by atoms with Crippen molar-refractivity contribution in [2.75, 3.05) is 13.1 Å². The Morgan fingerprint density at radius 2 is 1.78 bits per heavy atom. The number of nitrogens with two attached hydrogens (primary N) is 1. The molecule has 194 valence electrons. The Kier molecular flexibility index (Phi) is 6.77. The fourth-order valence-electron chi connectivity index (χ4n) is 6.58. The molecular weight excluding hydrogens is 468 g/mol. The third kappa shape index (κ3) is 4.39. The number of primary amides is 1. The Hall–Kier alpha value is -3.65. The molecule has 1 saturated heterocycles. The molecule has 5 rings (SSSR count). The molecule has 0 spiro atoms. The molecule has 2 heterocycles. The Balaban J connectivity index is 1.46. The summed E-state index contributed by atoms with van der Waals surface area (Å²) in [6.45, 7) is 2.42. The first-order valence-electron chi connectivity index (χ1n) is 13.0. The lowest BCUT2D eigenvalue weighted by Crippen LogP contribution is -2.56. The zero-order valence-electron chi connectivity index (χ0n) is 21.2. The van der Waals surface area contributed by atoms with Gasteiger partial charge in [0.1, 0.15) is 5.69 Å². The summed E-state index contributed by atoms with van der Waals surface area (Å²) >= 11 is 0. The molecular formula is C29H34N4O4. The summed E-state index contributed by atoms with van der Waals surface area (Å²) in [5, 5.41) is 14.1. The van der Waals surface area contributed by atoms with Crippen LogP contribution in [-0.2, 0) is 28.6 Å². The molecule has 37 heavy (non-hydrogen) atoms. The van der Waals surface area contributed by atoms with Gasteiger partial charge in [-0.05, 0) is 30.9 Å². The normalized spacial score (nSPS) is 24.2. The summed E-state index contributed by atoms with van der Waals surface area (Å²) < 4.78 is 1.60. The van der Waals surface area contributed by atoms with Crippen LogP contribution in [0, 0.1) is 5.92 Å². The smallest absolute Gasteiger partial charge is 0.352 e. The summed E-state index contributed by atoms with van der Waals surface area (Å²) in [4.78, 5) is 42.0. The Labute approximate surface area is 216 Å². The van der Waals surface area contributed by atoms with E-state index >= 15 is 0 Å². The van der Waals surface area contributed by atoms with E-state index in [-0.39, 0.29) is 17.6 Å². The summed E-state index contributed by atoms with van der Waals surface area (Å²) in [6.07, 6.45) is 3.13. The minimum absolute atomic E-state index is 0.0228. The molecule has 3 aromatic rings. The van der Waals surface area contributed by atoms with E-state index in [1.807, 2.05) is 42.5 Å². The van der Waals surface area contributed by atoms with Crippen LogP contribution in [0.3, 0.4) is 0 Å². The van der Waals surface area contributed by atoms with Crippen molar-refractivity contribution in [2.45, 2.75) is 50.1 Å². The number of benzene rings is 2. The summed E-state index contributed by atoms with van der Waals surface area (Å²) in [7, 11) is 1.68. The first kappa shape index (κ1) is 25.0. The number of hydrogen-bond donors (Lipinski definition) is 3. The molecule has 2 aromatic carbocycles. The average Bonchev–Trinajstić information content (AvgIpc) is 3.46. The number of aryl methyl sites for hydroxylation is 1. The standard InChI is InChI=1S/C29H34N4O4/c1-32-23-13-6-5-11-21(23)24(25(32)27(35)36)29(28(30)37)15-8-7-12-22(29)26(34)31-20-14-16-33(18-20)17-19-9-3-2-4-10-19/h2-6,9-11,13,20,22H,7-8,12,14-18H2,1H3,(H2,30,37)(H,31,34)(H,35,36)/t20?,22-,29-/m0/s1. The van der Waals surface area contributed by atoms with Crippen LogP contribution in [-0.4, -0.2) is 51.5 Å². The number of hydrogen-bond acceptors (Lipinski definition) is 4. The van der Waals surface area contributed by atoms with E-state index in [4.69, 9.17) is 5.73 Å². The Bertz CT molecular complexity index is 1330. The minimum Gasteiger partial charge on any atom is -0.477 e. The van der Waals surface area contributed by atoms with Crippen LogP contribution in [0.15, 0.2) is 54.6 Å². The molecule has 2 amide bonds. The number of carboxylic acids is 1. The van der Waals surface area contributed by atoms with E-state index < -0.39 is 23.2 Å². The number of aromatic nitrogens is 1. The number of rotatable bonds is 7. The molecule has 2 aliphatic rings. The minimum atomic E-state index is -1.39. The predicted octanol–water partition coefficient (Wildman–Crippen LogP) is 3.18. The fourth-order valence-corrected chi connectivity index (χ4v) is 6.58. The molecule has 1 aliphatic heterocycles. The molecule has 8 nitrogen and oxygen atoms in total. The van der Waals surface area contributed by atoms with Crippen LogP contribution in [0.5, 0.6) is 0 Å². The van der Waals surface area contributed by atoms with Crippen molar-refractivity contribution in [3.8, 4) is 0 Å². The predicted molar refractivity (Wildman–Crippen MR) is 141 cm³/mol. The molecule has 2 fully saturated rings. The molecule has 0 bridgehead atoms. The van der Waals surface area contributed by atoms with Crippen LogP contribution in [0.25, 0.3) is 10.9 Å². The zero-order valence-corrected chi connectivity index (χ0v) is 21.2. The second kappa shape index (κ2) is 10.0. The third-order valence-electron chi connectivity index (χ3n) is 8.29. The topological polar surface area (TPSA) is 118 Å². The van der Waals surface area contributed by atoms with Gasteiger partial charge in [-0.2, -0.15) is 0 Å². The van der Waals surface area contributed by atoms with Crippen LogP contribution < -0.4 is 11.1 Å². The highest BCUT2D eigenvalue weighted by Gasteiger charge is 2.54.